The van der Waals surface area contributed by atoms with Gasteiger partial charge in [0, 0.05) is 6.04 Å². The molecule has 0 amide bonds. The van der Waals surface area contributed by atoms with Gasteiger partial charge in [-0.3, -0.25) is 0 Å². The molecule has 4 nitrogen and oxygen atoms in total. The van der Waals surface area contributed by atoms with E-state index in [1.165, 1.54) is 11.1 Å². The second kappa shape index (κ2) is 5.29. The SMILES string of the molecule is Cc1noc(C)c1COc1ccc2c(c1)CCCC2N. The number of nitrogens with zero attached hydrogens (tertiary/aromatic N) is 1. The van der Waals surface area contributed by atoms with Crippen LogP contribution < -0.4 is 10.5 Å². The molecule has 0 aliphatic heterocycles. The van der Waals surface area contributed by atoms with Crippen molar-refractivity contribution in [2.45, 2.75) is 45.8 Å². The van der Waals surface area contributed by atoms with Crippen LogP contribution in [0.2, 0.25) is 0 Å². The third-order valence-corrected chi connectivity index (χ3v) is 4.04. The predicted molar refractivity (Wildman–Crippen MR) is 76.6 cm³/mol. The molecule has 4 heteroatoms. The zero-order valence-corrected chi connectivity index (χ0v) is 12.0. The van der Waals surface area contributed by atoms with Crippen molar-refractivity contribution < 1.29 is 9.26 Å². The second-order valence-electron chi connectivity index (χ2n) is 5.45. The molecule has 0 radical (unpaired) electrons. The van der Waals surface area contributed by atoms with E-state index < -0.39 is 0 Å². The molecule has 1 aliphatic rings. The lowest BCUT2D eigenvalue weighted by Crippen LogP contribution is -2.17. The monoisotopic (exact) mass is 272 g/mol. The zero-order valence-electron chi connectivity index (χ0n) is 12.0. The fourth-order valence-corrected chi connectivity index (χ4v) is 2.78. The van der Waals surface area contributed by atoms with E-state index in [0.717, 1.165) is 42.0 Å². The van der Waals surface area contributed by atoms with E-state index in [4.69, 9.17) is 15.0 Å². The Hall–Kier alpha value is -1.81. The zero-order chi connectivity index (χ0) is 14.1. The molecule has 0 fully saturated rings. The van der Waals surface area contributed by atoms with Crippen molar-refractivity contribution in [1.29, 1.82) is 0 Å². The fraction of sp³-hybridized carbons (Fsp3) is 0.438. The van der Waals surface area contributed by atoms with Crippen LogP contribution in [0.4, 0.5) is 0 Å². The average Bonchev–Trinajstić information content (AvgIpc) is 2.76. The van der Waals surface area contributed by atoms with Gasteiger partial charge in [0.2, 0.25) is 0 Å². The van der Waals surface area contributed by atoms with Crippen LogP contribution in [0.1, 0.15) is 47.0 Å². The van der Waals surface area contributed by atoms with Crippen molar-refractivity contribution in [3.8, 4) is 5.75 Å². The van der Waals surface area contributed by atoms with E-state index in [-0.39, 0.29) is 6.04 Å². The first kappa shape index (κ1) is 13.2. The van der Waals surface area contributed by atoms with Gasteiger partial charge in [0.15, 0.2) is 0 Å². The van der Waals surface area contributed by atoms with E-state index >= 15 is 0 Å². The Bertz CT molecular complexity index is 599. The summed E-state index contributed by atoms with van der Waals surface area (Å²) in [5.74, 6) is 1.71. The molecule has 1 aliphatic carbocycles. The molecule has 1 aromatic heterocycles. The first-order valence-corrected chi connectivity index (χ1v) is 7.08. The molecule has 1 heterocycles. The number of hydrogen-bond acceptors (Lipinski definition) is 4. The van der Waals surface area contributed by atoms with Crippen LogP contribution in [0.3, 0.4) is 0 Å². The van der Waals surface area contributed by atoms with Gasteiger partial charge >= 0.3 is 0 Å². The highest BCUT2D eigenvalue weighted by Crippen LogP contribution is 2.31. The number of ether oxygens (including phenoxy) is 1. The minimum Gasteiger partial charge on any atom is -0.489 e. The van der Waals surface area contributed by atoms with Crippen LogP contribution in [-0.4, -0.2) is 5.16 Å². The van der Waals surface area contributed by atoms with Crippen molar-refractivity contribution in [3.63, 3.8) is 0 Å². The Morgan fingerprint density at radius 3 is 3.00 bits per heavy atom. The molecule has 1 atom stereocenters. The molecular formula is C16H20N2O2. The summed E-state index contributed by atoms with van der Waals surface area (Å²) in [5.41, 5.74) is 10.6. The summed E-state index contributed by atoms with van der Waals surface area (Å²) in [4.78, 5) is 0. The van der Waals surface area contributed by atoms with Gasteiger partial charge in [-0.15, -0.1) is 0 Å². The van der Waals surface area contributed by atoms with Crippen molar-refractivity contribution in [3.05, 3.63) is 46.3 Å². The topological polar surface area (TPSA) is 61.3 Å². The number of fused-ring (bicyclic) bond motifs is 1. The molecule has 2 N–H and O–H groups in total. The van der Waals surface area contributed by atoms with Crippen LogP contribution in [0.5, 0.6) is 5.75 Å². The summed E-state index contributed by atoms with van der Waals surface area (Å²) >= 11 is 0. The van der Waals surface area contributed by atoms with Gasteiger partial charge in [-0.1, -0.05) is 11.2 Å². The highest BCUT2D eigenvalue weighted by molar-refractivity contribution is 5.39. The molecule has 3 rings (SSSR count). The Balaban J connectivity index is 1.76. The molecule has 1 unspecified atom stereocenters. The molecule has 0 saturated carbocycles. The molecule has 0 bridgehead atoms. The van der Waals surface area contributed by atoms with Gasteiger partial charge in [0.05, 0.1) is 11.3 Å². The van der Waals surface area contributed by atoms with E-state index in [9.17, 15) is 0 Å². The number of hydrogen-bond donors (Lipinski definition) is 1. The van der Waals surface area contributed by atoms with Crippen LogP contribution in [-0.2, 0) is 13.0 Å². The van der Waals surface area contributed by atoms with Crippen molar-refractivity contribution in [2.24, 2.45) is 5.73 Å². The molecule has 106 valence electrons. The largest absolute Gasteiger partial charge is 0.489 e. The first-order chi connectivity index (χ1) is 9.65. The molecule has 20 heavy (non-hydrogen) atoms. The van der Waals surface area contributed by atoms with Crippen LogP contribution in [0, 0.1) is 13.8 Å². The smallest absolute Gasteiger partial charge is 0.140 e. The molecule has 2 aromatic rings. The van der Waals surface area contributed by atoms with E-state index in [1.807, 2.05) is 19.9 Å². The molecule has 0 spiro atoms. The minimum atomic E-state index is 0.176. The third-order valence-electron chi connectivity index (χ3n) is 4.04. The maximum absolute atomic E-state index is 6.13. The van der Waals surface area contributed by atoms with Gasteiger partial charge in [0.1, 0.15) is 18.1 Å². The number of aromatic nitrogens is 1. The highest BCUT2D eigenvalue weighted by Gasteiger charge is 2.17. The summed E-state index contributed by atoms with van der Waals surface area (Å²) < 4.78 is 11.0. The van der Waals surface area contributed by atoms with E-state index in [0.29, 0.717) is 6.61 Å². The lowest BCUT2D eigenvalue weighted by Gasteiger charge is -2.22. The fourth-order valence-electron chi connectivity index (χ4n) is 2.78. The van der Waals surface area contributed by atoms with Crippen LogP contribution in [0.25, 0.3) is 0 Å². The Labute approximate surface area is 118 Å². The summed E-state index contributed by atoms with van der Waals surface area (Å²) in [6, 6.07) is 6.40. The normalized spacial score (nSPS) is 17.9. The number of rotatable bonds is 3. The lowest BCUT2D eigenvalue weighted by atomic mass is 9.88. The Morgan fingerprint density at radius 2 is 2.25 bits per heavy atom. The third kappa shape index (κ3) is 2.43. The van der Waals surface area contributed by atoms with Gasteiger partial charge < -0.3 is 15.0 Å². The molecular weight excluding hydrogens is 252 g/mol. The highest BCUT2D eigenvalue weighted by atomic mass is 16.5. The number of aryl methyl sites for hydroxylation is 3. The van der Waals surface area contributed by atoms with Crippen molar-refractivity contribution in [2.75, 3.05) is 0 Å². The summed E-state index contributed by atoms with van der Waals surface area (Å²) in [6.45, 7) is 4.33. The van der Waals surface area contributed by atoms with Gasteiger partial charge in [-0.25, -0.2) is 0 Å². The van der Waals surface area contributed by atoms with Crippen molar-refractivity contribution in [1.82, 2.24) is 5.16 Å². The maximum Gasteiger partial charge on any atom is 0.140 e. The number of benzene rings is 1. The summed E-state index contributed by atoms with van der Waals surface area (Å²) in [7, 11) is 0. The van der Waals surface area contributed by atoms with Crippen LogP contribution >= 0.6 is 0 Å². The van der Waals surface area contributed by atoms with Gasteiger partial charge in [-0.05, 0) is 56.4 Å². The van der Waals surface area contributed by atoms with E-state index in [1.54, 1.807) is 0 Å². The summed E-state index contributed by atoms with van der Waals surface area (Å²) in [5, 5.41) is 3.94. The minimum absolute atomic E-state index is 0.176. The average molecular weight is 272 g/mol. The van der Waals surface area contributed by atoms with Crippen molar-refractivity contribution >= 4 is 0 Å². The Kier molecular flexibility index (Phi) is 3.49. The predicted octanol–water partition coefficient (Wildman–Crippen LogP) is 3.21. The Morgan fingerprint density at radius 1 is 1.40 bits per heavy atom. The second-order valence-corrected chi connectivity index (χ2v) is 5.45. The standard InChI is InChI=1S/C16H20N2O2/c1-10-15(11(2)20-18-10)9-19-13-6-7-14-12(8-13)4-3-5-16(14)17/h6-8,16H,3-5,9,17H2,1-2H3. The van der Waals surface area contributed by atoms with Gasteiger partial charge in [0.25, 0.3) is 0 Å². The summed E-state index contributed by atoms with van der Waals surface area (Å²) in [6.07, 6.45) is 3.32. The lowest BCUT2D eigenvalue weighted by molar-refractivity contribution is 0.301. The first-order valence-electron chi connectivity index (χ1n) is 7.08. The maximum atomic E-state index is 6.13. The molecule has 1 aromatic carbocycles. The van der Waals surface area contributed by atoms with Crippen LogP contribution in [0.15, 0.2) is 22.7 Å². The quantitative estimate of drug-likeness (QED) is 0.932. The molecule has 0 saturated heterocycles. The number of nitrogens with two attached hydrogens (primary N) is 1. The van der Waals surface area contributed by atoms with Gasteiger partial charge in [-0.2, -0.15) is 0 Å². The van der Waals surface area contributed by atoms with E-state index in [2.05, 4.69) is 17.3 Å².